The number of aliphatic imine (C=N–C) groups is 1. The van der Waals surface area contributed by atoms with Crippen molar-refractivity contribution in [2.45, 2.75) is 0 Å². The van der Waals surface area contributed by atoms with Gasteiger partial charge < -0.3 is 16.2 Å². The number of amides is 1. The molecule has 3 aromatic rings. The third-order valence-electron chi connectivity index (χ3n) is 3.82. The maximum absolute atomic E-state index is 14.5. The fraction of sp³-hybridized carbons (Fsp3) is 0.0526. The first-order valence-corrected chi connectivity index (χ1v) is 7.51. The summed E-state index contributed by atoms with van der Waals surface area (Å²) in [6.07, 6.45) is 0. The second kappa shape index (κ2) is 6.60. The fourth-order valence-corrected chi connectivity index (χ4v) is 2.74. The monoisotopic (exact) mass is 337 g/mol. The molecule has 0 saturated carbocycles. The van der Waals surface area contributed by atoms with Crippen LogP contribution in [-0.4, -0.2) is 19.0 Å². The standard InChI is InChI=1S/C19H16FN3O2/c1-25-16-7-3-6-15(20)17(16)13-5-2-4-11-8-9-12(10-14(11)13)18(24)23-19(21)22/h2-10H,1H3,(H4,21,22,23,24). The number of fused-ring (bicyclic) bond motifs is 1. The van der Waals surface area contributed by atoms with Crippen molar-refractivity contribution >= 4 is 22.6 Å². The molecule has 3 rings (SSSR count). The molecule has 4 N–H and O–H groups in total. The SMILES string of the molecule is COc1cccc(F)c1-c1cccc2ccc(C(=O)N=C(N)N)cc12. The zero-order valence-corrected chi connectivity index (χ0v) is 13.5. The van der Waals surface area contributed by atoms with Crippen molar-refractivity contribution in [1.82, 2.24) is 0 Å². The van der Waals surface area contributed by atoms with E-state index in [4.69, 9.17) is 16.2 Å². The summed E-state index contributed by atoms with van der Waals surface area (Å²) in [5.41, 5.74) is 11.8. The lowest BCUT2D eigenvalue weighted by atomic mass is 9.95. The predicted molar refractivity (Wildman–Crippen MR) is 96.0 cm³/mol. The summed E-state index contributed by atoms with van der Waals surface area (Å²) in [6.45, 7) is 0. The minimum atomic E-state index is -0.558. The lowest BCUT2D eigenvalue weighted by Crippen LogP contribution is -2.24. The van der Waals surface area contributed by atoms with Gasteiger partial charge in [-0.05, 0) is 40.6 Å². The first-order chi connectivity index (χ1) is 12.0. The Bertz CT molecular complexity index is 995. The van der Waals surface area contributed by atoms with Crippen molar-refractivity contribution in [3.63, 3.8) is 0 Å². The predicted octanol–water partition coefficient (Wildman–Crippen LogP) is 3.07. The van der Waals surface area contributed by atoms with Gasteiger partial charge in [0.25, 0.3) is 5.91 Å². The lowest BCUT2D eigenvalue weighted by Gasteiger charge is -2.13. The molecular formula is C19H16FN3O2. The molecule has 0 fully saturated rings. The minimum absolute atomic E-state index is 0.309. The number of nitrogens with two attached hydrogens (primary N) is 2. The minimum Gasteiger partial charge on any atom is -0.496 e. The van der Waals surface area contributed by atoms with Crippen LogP contribution < -0.4 is 16.2 Å². The van der Waals surface area contributed by atoms with Crippen LogP contribution in [0.5, 0.6) is 5.75 Å². The van der Waals surface area contributed by atoms with Crippen LogP contribution in [0, 0.1) is 5.82 Å². The van der Waals surface area contributed by atoms with Gasteiger partial charge in [0, 0.05) is 5.56 Å². The van der Waals surface area contributed by atoms with E-state index in [1.807, 2.05) is 12.1 Å². The Labute approximate surface area is 143 Å². The van der Waals surface area contributed by atoms with E-state index in [1.165, 1.54) is 13.2 Å². The summed E-state index contributed by atoms with van der Waals surface area (Å²) < 4.78 is 19.8. The number of hydrogen-bond donors (Lipinski definition) is 2. The van der Waals surface area contributed by atoms with Gasteiger partial charge in [-0.3, -0.25) is 4.79 Å². The molecule has 0 atom stereocenters. The van der Waals surface area contributed by atoms with Crippen molar-refractivity contribution in [2.24, 2.45) is 16.5 Å². The van der Waals surface area contributed by atoms with Gasteiger partial charge in [0.2, 0.25) is 0 Å². The highest BCUT2D eigenvalue weighted by Crippen LogP contribution is 2.37. The molecular weight excluding hydrogens is 321 g/mol. The van der Waals surface area contributed by atoms with E-state index in [0.29, 0.717) is 27.8 Å². The Balaban J connectivity index is 2.27. The van der Waals surface area contributed by atoms with E-state index in [-0.39, 0.29) is 5.96 Å². The van der Waals surface area contributed by atoms with Crippen LogP contribution in [0.4, 0.5) is 4.39 Å². The van der Waals surface area contributed by atoms with Crippen LogP contribution >= 0.6 is 0 Å². The Morgan fingerprint density at radius 3 is 2.56 bits per heavy atom. The fourth-order valence-electron chi connectivity index (χ4n) is 2.74. The van der Waals surface area contributed by atoms with Crippen molar-refractivity contribution in [3.05, 3.63) is 66.0 Å². The summed E-state index contributed by atoms with van der Waals surface area (Å²) in [6, 6.07) is 15.1. The number of hydrogen-bond acceptors (Lipinski definition) is 2. The number of guanidine groups is 1. The number of nitrogens with zero attached hydrogens (tertiary/aromatic N) is 1. The molecule has 0 saturated heterocycles. The van der Waals surface area contributed by atoms with Gasteiger partial charge >= 0.3 is 0 Å². The van der Waals surface area contributed by atoms with Crippen LogP contribution in [-0.2, 0) is 0 Å². The zero-order valence-electron chi connectivity index (χ0n) is 13.5. The third kappa shape index (κ3) is 3.14. The van der Waals surface area contributed by atoms with Gasteiger partial charge in [0.15, 0.2) is 5.96 Å². The molecule has 6 heteroatoms. The summed E-state index contributed by atoms with van der Waals surface area (Å²) >= 11 is 0. The summed E-state index contributed by atoms with van der Waals surface area (Å²) in [4.78, 5) is 15.6. The van der Waals surface area contributed by atoms with Gasteiger partial charge in [-0.2, -0.15) is 4.99 Å². The normalized spacial score (nSPS) is 10.5. The number of carbonyl (C=O) groups is 1. The molecule has 0 radical (unpaired) electrons. The van der Waals surface area contributed by atoms with E-state index in [1.54, 1.807) is 36.4 Å². The molecule has 0 aromatic heterocycles. The van der Waals surface area contributed by atoms with Gasteiger partial charge in [0.05, 0.1) is 12.7 Å². The van der Waals surface area contributed by atoms with Crippen molar-refractivity contribution < 1.29 is 13.9 Å². The number of ether oxygens (including phenoxy) is 1. The average Bonchev–Trinajstić information content (AvgIpc) is 2.60. The van der Waals surface area contributed by atoms with Crippen LogP contribution in [0.3, 0.4) is 0 Å². The van der Waals surface area contributed by atoms with E-state index < -0.39 is 11.7 Å². The molecule has 0 heterocycles. The maximum Gasteiger partial charge on any atom is 0.280 e. The molecule has 1 amide bonds. The van der Waals surface area contributed by atoms with Gasteiger partial charge in [-0.15, -0.1) is 0 Å². The summed E-state index contributed by atoms with van der Waals surface area (Å²) in [5.74, 6) is -0.868. The van der Waals surface area contributed by atoms with E-state index in [0.717, 1.165) is 5.39 Å². The Morgan fingerprint density at radius 2 is 1.84 bits per heavy atom. The Morgan fingerprint density at radius 1 is 1.08 bits per heavy atom. The molecule has 3 aromatic carbocycles. The number of halogens is 1. The summed E-state index contributed by atoms with van der Waals surface area (Å²) in [7, 11) is 1.48. The first kappa shape index (κ1) is 16.4. The summed E-state index contributed by atoms with van der Waals surface area (Å²) in [5, 5.41) is 1.55. The number of carbonyl (C=O) groups excluding carboxylic acids is 1. The van der Waals surface area contributed by atoms with Crippen molar-refractivity contribution in [1.29, 1.82) is 0 Å². The quantitative estimate of drug-likeness (QED) is 0.568. The van der Waals surface area contributed by atoms with Crippen LogP contribution in [0.1, 0.15) is 10.4 Å². The smallest absolute Gasteiger partial charge is 0.280 e. The van der Waals surface area contributed by atoms with Gasteiger partial charge in [0.1, 0.15) is 11.6 Å². The molecule has 0 bridgehead atoms. The average molecular weight is 337 g/mol. The van der Waals surface area contributed by atoms with E-state index in [9.17, 15) is 9.18 Å². The van der Waals surface area contributed by atoms with E-state index >= 15 is 0 Å². The molecule has 0 spiro atoms. The lowest BCUT2D eigenvalue weighted by molar-refractivity contribution is 0.100. The molecule has 0 aliphatic heterocycles. The third-order valence-corrected chi connectivity index (χ3v) is 3.82. The molecule has 0 aliphatic carbocycles. The highest BCUT2D eigenvalue weighted by Gasteiger charge is 2.15. The zero-order chi connectivity index (χ0) is 18.0. The Kier molecular flexibility index (Phi) is 4.35. The molecule has 0 unspecified atom stereocenters. The van der Waals surface area contributed by atoms with Crippen LogP contribution in [0.15, 0.2) is 59.6 Å². The highest BCUT2D eigenvalue weighted by molar-refractivity contribution is 6.06. The second-order valence-corrected chi connectivity index (χ2v) is 5.40. The van der Waals surface area contributed by atoms with Crippen molar-refractivity contribution in [2.75, 3.05) is 7.11 Å². The van der Waals surface area contributed by atoms with Crippen molar-refractivity contribution in [3.8, 4) is 16.9 Å². The van der Waals surface area contributed by atoms with Crippen LogP contribution in [0.25, 0.3) is 21.9 Å². The van der Waals surface area contributed by atoms with Gasteiger partial charge in [-0.1, -0.05) is 30.3 Å². The second-order valence-electron chi connectivity index (χ2n) is 5.40. The highest BCUT2D eigenvalue weighted by atomic mass is 19.1. The Hall–Kier alpha value is -3.41. The topological polar surface area (TPSA) is 90.7 Å². The first-order valence-electron chi connectivity index (χ1n) is 7.51. The number of benzene rings is 3. The van der Waals surface area contributed by atoms with Crippen LogP contribution in [0.2, 0.25) is 0 Å². The van der Waals surface area contributed by atoms with E-state index in [2.05, 4.69) is 4.99 Å². The largest absolute Gasteiger partial charge is 0.496 e. The number of rotatable bonds is 3. The molecule has 0 aliphatic rings. The molecule has 5 nitrogen and oxygen atoms in total. The molecule has 25 heavy (non-hydrogen) atoms. The van der Waals surface area contributed by atoms with Gasteiger partial charge in [-0.25, -0.2) is 4.39 Å². The number of methoxy groups -OCH3 is 1. The maximum atomic E-state index is 14.5. The molecule has 126 valence electrons.